The van der Waals surface area contributed by atoms with Gasteiger partial charge in [0.15, 0.2) is 0 Å². The Morgan fingerprint density at radius 1 is 1.05 bits per heavy atom. The second kappa shape index (κ2) is 7.99. The summed E-state index contributed by atoms with van der Waals surface area (Å²) in [7, 11) is 0. The fourth-order valence-corrected chi connectivity index (χ4v) is 3.57. The van der Waals surface area contributed by atoms with Crippen molar-refractivity contribution in [2.45, 2.75) is 78.6 Å². The fourth-order valence-electron chi connectivity index (χ4n) is 3.57. The Bertz CT molecular complexity index is 469. The number of aryl methyl sites for hydroxylation is 1. The summed E-state index contributed by atoms with van der Waals surface area (Å²) in [6.07, 6.45) is 12.1. The number of hydrogen-bond acceptors (Lipinski definition) is 0. The molecule has 0 nitrogen and oxygen atoms in total. The molecule has 1 aromatic carbocycles. The number of rotatable bonds is 6. The lowest BCUT2D eigenvalue weighted by atomic mass is 9.82. The van der Waals surface area contributed by atoms with Gasteiger partial charge in [0.2, 0.25) is 0 Å². The van der Waals surface area contributed by atoms with Gasteiger partial charge >= 0.3 is 0 Å². The predicted molar refractivity (Wildman–Crippen MR) is 98.3 cm³/mol. The summed E-state index contributed by atoms with van der Waals surface area (Å²) in [5, 5.41) is 0. The van der Waals surface area contributed by atoms with Gasteiger partial charge in [0, 0.05) is 0 Å². The first kappa shape index (κ1) is 17.3. The van der Waals surface area contributed by atoms with E-state index in [2.05, 4.69) is 51.6 Å². The Morgan fingerprint density at radius 2 is 1.68 bits per heavy atom. The third-order valence-electron chi connectivity index (χ3n) is 5.34. The summed E-state index contributed by atoms with van der Waals surface area (Å²) in [6, 6.07) is 9.13. The van der Waals surface area contributed by atoms with E-state index in [1.807, 2.05) is 0 Å². The van der Waals surface area contributed by atoms with Gasteiger partial charge in [-0.3, -0.25) is 0 Å². The molecule has 0 unspecified atom stereocenters. The molecule has 0 saturated heterocycles. The molecule has 0 N–H and O–H groups in total. The summed E-state index contributed by atoms with van der Waals surface area (Å²) < 4.78 is 0. The second-order valence-corrected chi connectivity index (χ2v) is 8.18. The average Bonchev–Trinajstić information content (AvgIpc) is 2.49. The SMILES string of the molecule is C=C(CCCc1ccccc1CC1CCCCC1)C(C)(C)C. The van der Waals surface area contributed by atoms with Gasteiger partial charge in [0.05, 0.1) is 0 Å². The van der Waals surface area contributed by atoms with Crippen LogP contribution in [-0.2, 0) is 12.8 Å². The summed E-state index contributed by atoms with van der Waals surface area (Å²) >= 11 is 0. The quantitative estimate of drug-likeness (QED) is 0.510. The normalized spacial score (nSPS) is 16.7. The zero-order chi connectivity index (χ0) is 16.0. The second-order valence-electron chi connectivity index (χ2n) is 8.18. The van der Waals surface area contributed by atoms with Gasteiger partial charge in [-0.05, 0) is 48.1 Å². The van der Waals surface area contributed by atoms with Crippen LogP contribution in [0.3, 0.4) is 0 Å². The van der Waals surface area contributed by atoms with E-state index in [9.17, 15) is 0 Å². The molecule has 0 amide bonds. The van der Waals surface area contributed by atoms with E-state index in [4.69, 9.17) is 0 Å². The van der Waals surface area contributed by atoms with E-state index >= 15 is 0 Å². The molecular weight excluding hydrogens is 264 g/mol. The van der Waals surface area contributed by atoms with E-state index in [0.29, 0.717) is 0 Å². The van der Waals surface area contributed by atoms with Gasteiger partial charge in [0.25, 0.3) is 0 Å². The smallest absolute Gasteiger partial charge is 0.0176 e. The standard InChI is InChI=1S/C22H34/c1-18(22(2,3)4)11-10-16-20-14-8-9-15-21(20)17-19-12-6-5-7-13-19/h8-9,14-15,19H,1,5-7,10-13,16-17H2,2-4H3. The lowest BCUT2D eigenvalue weighted by molar-refractivity contribution is 0.356. The first-order chi connectivity index (χ1) is 10.5. The molecule has 22 heavy (non-hydrogen) atoms. The van der Waals surface area contributed by atoms with Crippen molar-refractivity contribution in [2.75, 3.05) is 0 Å². The van der Waals surface area contributed by atoms with Gasteiger partial charge < -0.3 is 0 Å². The molecule has 1 aliphatic carbocycles. The minimum Gasteiger partial charge on any atom is -0.0993 e. The Labute approximate surface area is 138 Å². The molecule has 0 heterocycles. The minimum absolute atomic E-state index is 0.252. The van der Waals surface area contributed by atoms with Crippen molar-refractivity contribution in [3.05, 3.63) is 47.5 Å². The van der Waals surface area contributed by atoms with Gasteiger partial charge in [0.1, 0.15) is 0 Å². The highest BCUT2D eigenvalue weighted by molar-refractivity contribution is 5.28. The number of allylic oxidation sites excluding steroid dienone is 1. The van der Waals surface area contributed by atoms with Gasteiger partial charge in [-0.2, -0.15) is 0 Å². The summed E-state index contributed by atoms with van der Waals surface area (Å²) in [5.74, 6) is 0.930. The minimum atomic E-state index is 0.252. The number of hydrogen-bond donors (Lipinski definition) is 0. The van der Waals surface area contributed by atoms with Crippen LogP contribution < -0.4 is 0 Å². The van der Waals surface area contributed by atoms with Gasteiger partial charge in [-0.25, -0.2) is 0 Å². The maximum absolute atomic E-state index is 4.27. The Morgan fingerprint density at radius 3 is 2.32 bits per heavy atom. The van der Waals surface area contributed by atoms with Crippen molar-refractivity contribution in [1.29, 1.82) is 0 Å². The molecular formula is C22H34. The van der Waals surface area contributed by atoms with E-state index in [-0.39, 0.29) is 5.41 Å². The highest BCUT2D eigenvalue weighted by Gasteiger charge is 2.16. The highest BCUT2D eigenvalue weighted by atomic mass is 14.2. The van der Waals surface area contributed by atoms with Crippen LogP contribution in [0.25, 0.3) is 0 Å². The highest BCUT2D eigenvalue weighted by Crippen LogP contribution is 2.30. The van der Waals surface area contributed by atoms with Crippen LogP contribution in [0.2, 0.25) is 0 Å². The maximum Gasteiger partial charge on any atom is -0.0176 e. The molecule has 1 aliphatic rings. The first-order valence-electron chi connectivity index (χ1n) is 9.22. The Balaban J connectivity index is 1.89. The van der Waals surface area contributed by atoms with E-state index in [1.54, 1.807) is 11.1 Å². The van der Waals surface area contributed by atoms with Crippen molar-refractivity contribution < 1.29 is 0 Å². The molecule has 1 saturated carbocycles. The van der Waals surface area contributed by atoms with E-state index < -0.39 is 0 Å². The maximum atomic E-state index is 4.27. The zero-order valence-corrected chi connectivity index (χ0v) is 15.0. The Kier molecular flexibility index (Phi) is 6.29. The topological polar surface area (TPSA) is 0 Å². The molecule has 0 aromatic heterocycles. The van der Waals surface area contributed by atoms with Crippen LogP contribution in [0.1, 0.15) is 76.8 Å². The summed E-state index contributed by atoms with van der Waals surface area (Å²) in [6.45, 7) is 11.1. The number of benzene rings is 1. The molecule has 0 spiro atoms. The van der Waals surface area contributed by atoms with Crippen molar-refractivity contribution in [1.82, 2.24) is 0 Å². The van der Waals surface area contributed by atoms with Crippen LogP contribution in [0.5, 0.6) is 0 Å². The van der Waals surface area contributed by atoms with Gasteiger partial charge in [-0.15, -0.1) is 0 Å². The van der Waals surface area contributed by atoms with Crippen LogP contribution in [0.4, 0.5) is 0 Å². The van der Waals surface area contributed by atoms with Crippen LogP contribution >= 0.6 is 0 Å². The predicted octanol–water partition coefficient (Wildman–Crippen LogP) is 6.73. The molecule has 0 radical (unpaired) electrons. The molecule has 122 valence electrons. The summed E-state index contributed by atoms with van der Waals surface area (Å²) in [4.78, 5) is 0. The lowest BCUT2D eigenvalue weighted by Crippen LogP contribution is -2.11. The van der Waals surface area contributed by atoms with Crippen molar-refractivity contribution in [3.63, 3.8) is 0 Å². The largest absolute Gasteiger partial charge is 0.0993 e. The molecule has 2 rings (SSSR count). The first-order valence-corrected chi connectivity index (χ1v) is 9.22. The molecule has 0 aliphatic heterocycles. The van der Waals surface area contributed by atoms with Crippen molar-refractivity contribution in [3.8, 4) is 0 Å². The molecule has 0 atom stereocenters. The van der Waals surface area contributed by atoms with Crippen LogP contribution in [0, 0.1) is 11.3 Å². The lowest BCUT2D eigenvalue weighted by Gasteiger charge is -2.23. The molecule has 1 fully saturated rings. The molecule has 1 aromatic rings. The third-order valence-corrected chi connectivity index (χ3v) is 5.34. The Hall–Kier alpha value is -1.04. The van der Waals surface area contributed by atoms with Crippen molar-refractivity contribution >= 4 is 0 Å². The monoisotopic (exact) mass is 298 g/mol. The van der Waals surface area contributed by atoms with Gasteiger partial charge in [-0.1, -0.05) is 89.3 Å². The average molecular weight is 299 g/mol. The summed E-state index contributed by atoms with van der Waals surface area (Å²) in [5.41, 5.74) is 4.82. The molecule has 0 heteroatoms. The molecule has 0 bridgehead atoms. The zero-order valence-electron chi connectivity index (χ0n) is 15.0. The van der Waals surface area contributed by atoms with Crippen LogP contribution in [-0.4, -0.2) is 0 Å². The van der Waals surface area contributed by atoms with Crippen LogP contribution in [0.15, 0.2) is 36.4 Å². The van der Waals surface area contributed by atoms with E-state index in [1.165, 1.54) is 56.9 Å². The fraction of sp³-hybridized carbons (Fsp3) is 0.636. The van der Waals surface area contributed by atoms with E-state index in [0.717, 1.165) is 12.3 Å². The van der Waals surface area contributed by atoms with Crippen molar-refractivity contribution in [2.24, 2.45) is 11.3 Å². The third kappa shape index (κ3) is 5.30.